The highest BCUT2D eigenvalue weighted by Gasteiger charge is 2.27. The number of hydrogen-bond donors (Lipinski definition) is 2. The first-order valence-corrected chi connectivity index (χ1v) is 6.74. The topological polar surface area (TPSA) is 47.3 Å². The molecule has 0 amide bonds. The summed E-state index contributed by atoms with van der Waals surface area (Å²) in [5, 5.41) is 4.15. The molecule has 1 fully saturated rings. The third-order valence-electron chi connectivity index (χ3n) is 3.85. The van der Waals surface area contributed by atoms with Gasteiger partial charge in [-0.2, -0.15) is 0 Å². The van der Waals surface area contributed by atoms with Gasteiger partial charge in [-0.05, 0) is 56.5 Å². The van der Waals surface area contributed by atoms with E-state index in [9.17, 15) is 0 Å². The summed E-state index contributed by atoms with van der Waals surface area (Å²) in [6, 6.07) is 1.96. The third-order valence-corrected chi connectivity index (χ3v) is 4.43. The van der Waals surface area contributed by atoms with Gasteiger partial charge in [0.15, 0.2) is 0 Å². The lowest BCUT2D eigenvalue weighted by atomic mass is 9.89. The second-order valence-corrected chi connectivity index (χ2v) is 5.41. The first kappa shape index (κ1) is 13.7. The van der Waals surface area contributed by atoms with Gasteiger partial charge in [0.25, 0.3) is 0 Å². The molecule has 100 valence electrons. The summed E-state index contributed by atoms with van der Waals surface area (Å²) < 4.78 is 5.48. The van der Waals surface area contributed by atoms with Crippen LogP contribution in [-0.2, 0) is 0 Å². The van der Waals surface area contributed by atoms with Crippen LogP contribution in [0.4, 0.5) is 0 Å². The summed E-state index contributed by atoms with van der Waals surface area (Å²) >= 11 is 6.34. The Kier molecular flexibility index (Phi) is 4.15. The molecule has 0 bridgehead atoms. The normalized spacial score (nSPS) is 21.1. The molecule has 0 saturated carbocycles. The molecule has 2 atom stereocenters. The molecule has 3 N–H and O–H groups in total. The highest BCUT2D eigenvalue weighted by Crippen LogP contribution is 2.38. The van der Waals surface area contributed by atoms with E-state index in [4.69, 9.17) is 22.1 Å². The van der Waals surface area contributed by atoms with Crippen LogP contribution >= 0.6 is 11.6 Å². The average molecular weight is 269 g/mol. The number of benzene rings is 1. The van der Waals surface area contributed by atoms with E-state index in [1.165, 1.54) is 0 Å². The molecular formula is C14H21ClN2O. The number of hydrogen-bond acceptors (Lipinski definition) is 3. The highest BCUT2D eigenvalue weighted by atomic mass is 35.5. The zero-order valence-electron chi connectivity index (χ0n) is 11.2. The quantitative estimate of drug-likeness (QED) is 0.886. The molecule has 2 rings (SSSR count). The summed E-state index contributed by atoms with van der Waals surface area (Å²) in [6.45, 7) is 6.02. The molecule has 4 heteroatoms. The molecule has 1 aromatic rings. The number of nitrogens with two attached hydrogens (primary N) is 1. The molecule has 1 heterocycles. The van der Waals surface area contributed by atoms with Gasteiger partial charge in [-0.25, -0.2) is 0 Å². The molecule has 0 aromatic heterocycles. The Bertz CT molecular complexity index is 442. The average Bonchev–Trinajstić information content (AvgIpc) is 2.88. The fourth-order valence-electron chi connectivity index (χ4n) is 2.74. The van der Waals surface area contributed by atoms with E-state index < -0.39 is 0 Å². The van der Waals surface area contributed by atoms with Crippen molar-refractivity contribution >= 4 is 11.6 Å². The fourth-order valence-corrected chi connectivity index (χ4v) is 2.90. The van der Waals surface area contributed by atoms with Gasteiger partial charge in [0.1, 0.15) is 5.75 Å². The molecule has 0 radical (unpaired) electrons. The van der Waals surface area contributed by atoms with Gasteiger partial charge in [0.2, 0.25) is 0 Å². The molecule has 1 aromatic carbocycles. The summed E-state index contributed by atoms with van der Waals surface area (Å²) in [5.74, 6) is 1.31. The van der Waals surface area contributed by atoms with E-state index >= 15 is 0 Å². The maximum Gasteiger partial charge on any atom is 0.124 e. The minimum atomic E-state index is -0.0203. The van der Waals surface area contributed by atoms with Crippen LogP contribution in [0.3, 0.4) is 0 Å². The minimum absolute atomic E-state index is 0.0203. The summed E-state index contributed by atoms with van der Waals surface area (Å²) in [7, 11) is 1.69. The zero-order chi connectivity index (χ0) is 13.3. The SMILES string of the molecule is COc1cc(C)c(Cl)c(C)c1C(N)C1CCNC1. The van der Waals surface area contributed by atoms with Gasteiger partial charge in [-0.3, -0.25) is 0 Å². The fraction of sp³-hybridized carbons (Fsp3) is 0.571. The van der Waals surface area contributed by atoms with Crippen molar-refractivity contribution < 1.29 is 4.74 Å². The van der Waals surface area contributed by atoms with Gasteiger partial charge in [0.05, 0.1) is 7.11 Å². The van der Waals surface area contributed by atoms with E-state index in [1.54, 1.807) is 7.11 Å². The molecule has 2 unspecified atom stereocenters. The highest BCUT2D eigenvalue weighted by molar-refractivity contribution is 6.32. The Balaban J connectivity index is 2.44. The lowest BCUT2D eigenvalue weighted by molar-refractivity contribution is 0.389. The number of aryl methyl sites for hydroxylation is 1. The number of rotatable bonds is 3. The van der Waals surface area contributed by atoms with Crippen molar-refractivity contribution in [3.8, 4) is 5.75 Å². The number of nitrogens with one attached hydrogen (secondary N) is 1. The smallest absolute Gasteiger partial charge is 0.124 e. The van der Waals surface area contributed by atoms with Gasteiger partial charge < -0.3 is 15.8 Å². The van der Waals surface area contributed by atoms with Crippen LogP contribution in [0.5, 0.6) is 5.75 Å². The van der Waals surface area contributed by atoms with Crippen LogP contribution in [0.15, 0.2) is 6.07 Å². The van der Waals surface area contributed by atoms with Crippen molar-refractivity contribution in [3.05, 3.63) is 27.8 Å². The summed E-state index contributed by atoms with van der Waals surface area (Å²) in [4.78, 5) is 0. The van der Waals surface area contributed by atoms with E-state index in [2.05, 4.69) is 5.32 Å². The zero-order valence-corrected chi connectivity index (χ0v) is 12.0. The predicted molar refractivity (Wildman–Crippen MR) is 75.4 cm³/mol. The van der Waals surface area contributed by atoms with Crippen molar-refractivity contribution in [2.75, 3.05) is 20.2 Å². The maximum atomic E-state index is 6.42. The van der Waals surface area contributed by atoms with Crippen LogP contribution in [-0.4, -0.2) is 20.2 Å². The van der Waals surface area contributed by atoms with Gasteiger partial charge >= 0.3 is 0 Å². The van der Waals surface area contributed by atoms with Crippen molar-refractivity contribution in [1.82, 2.24) is 5.32 Å². The van der Waals surface area contributed by atoms with Crippen LogP contribution in [0.2, 0.25) is 5.02 Å². The van der Waals surface area contributed by atoms with Crippen molar-refractivity contribution in [2.45, 2.75) is 26.3 Å². The molecule has 1 aliphatic rings. The van der Waals surface area contributed by atoms with Crippen LogP contribution in [0.1, 0.15) is 29.2 Å². The standard InChI is InChI=1S/C14H21ClN2O/c1-8-6-11(18-3)12(9(2)13(8)15)14(16)10-4-5-17-7-10/h6,10,14,17H,4-5,7,16H2,1-3H3. The molecule has 1 aliphatic heterocycles. The molecule has 18 heavy (non-hydrogen) atoms. The second-order valence-electron chi connectivity index (χ2n) is 5.03. The van der Waals surface area contributed by atoms with E-state index in [0.29, 0.717) is 5.92 Å². The lowest BCUT2D eigenvalue weighted by Gasteiger charge is -2.24. The first-order chi connectivity index (χ1) is 8.56. The van der Waals surface area contributed by atoms with E-state index in [-0.39, 0.29) is 6.04 Å². The molecule has 3 nitrogen and oxygen atoms in total. The Morgan fingerprint density at radius 3 is 2.78 bits per heavy atom. The van der Waals surface area contributed by atoms with Crippen LogP contribution in [0.25, 0.3) is 0 Å². The van der Waals surface area contributed by atoms with Crippen molar-refractivity contribution in [2.24, 2.45) is 11.7 Å². The van der Waals surface area contributed by atoms with Gasteiger partial charge in [-0.15, -0.1) is 0 Å². The Labute approximate surface area is 114 Å². The maximum absolute atomic E-state index is 6.42. The van der Waals surface area contributed by atoms with Crippen LogP contribution < -0.4 is 15.8 Å². The predicted octanol–water partition coefficient (Wildman–Crippen LogP) is 2.57. The lowest BCUT2D eigenvalue weighted by Crippen LogP contribution is -2.25. The summed E-state index contributed by atoms with van der Waals surface area (Å²) in [5.41, 5.74) is 9.56. The Hall–Kier alpha value is -0.770. The molecular weight excluding hydrogens is 248 g/mol. The Morgan fingerprint density at radius 2 is 2.22 bits per heavy atom. The van der Waals surface area contributed by atoms with Crippen LogP contribution in [0, 0.1) is 19.8 Å². The first-order valence-electron chi connectivity index (χ1n) is 6.36. The van der Waals surface area contributed by atoms with Crippen molar-refractivity contribution in [1.29, 1.82) is 0 Å². The molecule has 0 spiro atoms. The third kappa shape index (κ3) is 2.35. The Morgan fingerprint density at radius 1 is 1.50 bits per heavy atom. The van der Waals surface area contributed by atoms with E-state index in [0.717, 1.165) is 47.0 Å². The second kappa shape index (κ2) is 5.47. The summed E-state index contributed by atoms with van der Waals surface area (Å²) in [6.07, 6.45) is 1.11. The molecule has 1 saturated heterocycles. The van der Waals surface area contributed by atoms with E-state index in [1.807, 2.05) is 19.9 Å². The largest absolute Gasteiger partial charge is 0.496 e. The van der Waals surface area contributed by atoms with Gasteiger partial charge in [-0.1, -0.05) is 11.6 Å². The molecule has 0 aliphatic carbocycles. The minimum Gasteiger partial charge on any atom is -0.496 e. The van der Waals surface area contributed by atoms with Crippen molar-refractivity contribution in [3.63, 3.8) is 0 Å². The number of methoxy groups -OCH3 is 1. The number of ether oxygens (including phenoxy) is 1. The number of halogens is 1. The monoisotopic (exact) mass is 268 g/mol. The van der Waals surface area contributed by atoms with Gasteiger partial charge in [0, 0.05) is 16.6 Å².